The highest BCUT2D eigenvalue weighted by atomic mass is 16.4. The number of carboxylic acid groups (broad SMARTS) is 1. The number of nitrogens with one attached hydrogen (secondary N) is 2. The van der Waals surface area contributed by atoms with Crippen molar-refractivity contribution in [3.05, 3.63) is 18.2 Å². The number of carbonyl (C=O) groups is 2. The van der Waals surface area contributed by atoms with Gasteiger partial charge in [0.05, 0.1) is 6.33 Å². The average molecular weight is 294 g/mol. The van der Waals surface area contributed by atoms with Crippen molar-refractivity contribution in [3.63, 3.8) is 0 Å². The molecule has 1 aliphatic rings. The van der Waals surface area contributed by atoms with Crippen LogP contribution in [0.4, 0.5) is 4.79 Å². The molecule has 2 rings (SSSR count). The van der Waals surface area contributed by atoms with Gasteiger partial charge >= 0.3 is 12.0 Å². The first-order valence-electron chi connectivity index (χ1n) is 7.35. The minimum Gasteiger partial charge on any atom is -0.480 e. The number of rotatable bonds is 7. The highest BCUT2D eigenvalue weighted by molar-refractivity contribution is 5.82. The second-order valence-corrected chi connectivity index (χ2v) is 5.46. The summed E-state index contributed by atoms with van der Waals surface area (Å²) in [6.45, 7) is 3.19. The number of nitrogens with zero attached hydrogens (tertiary/aromatic N) is 2. The van der Waals surface area contributed by atoms with E-state index in [1.54, 1.807) is 11.1 Å². The van der Waals surface area contributed by atoms with Gasteiger partial charge in [-0.3, -0.25) is 0 Å². The topological polar surface area (TPSA) is 98.3 Å². The maximum atomic E-state index is 12.2. The number of carboxylic acids is 1. The fourth-order valence-corrected chi connectivity index (χ4v) is 2.40. The number of aliphatic carboxylic acids is 1. The smallest absolute Gasteiger partial charge is 0.326 e. The van der Waals surface area contributed by atoms with E-state index < -0.39 is 12.0 Å². The monoisotopic (exact) mass is 294 g/mol. The molecule has 1 fully saturated rings. The van der Waals surface area contributed by atoms with E-state index in [1.807, 2.05) is 6.92 Å². The molecule has 0 bridgehead atoms. The second-order valence-electron chi connectivity index (χ2n) is 5.46. The van der Waals surface area contributed by atoms with Crippen LogP contribution in [0.25, 0.3) is 0 Å². The van der Waals surface area contributed by atoms with Crippen LogP contribution in [0.3, 0.4) is 0 Å². The number of carbonyl (C=O) groups excluding carboxylic acids is 1. The van der Waals surface area contributed by atoms with Crippen LogP contribution in [-0.4, -0.2) is 51.1 Å². The summed E-state index contributed by atoms with van der Waals surface area (Å²) < 4.78 is 0. The van der Waals surface area contributed by atoms with Crippen molar-refractivity contribution in [1.29, 1.82) is 0 Å². The molecule has 1 heterocycles. The summed E-state index contributed by atoms with van der Waals surface area (Å²) in [6, 6.07) is -1.26. The van der Waals surface area contributed by atoms with Gasteiger partial charge < -0.3 is 20.3 Å². The van der Waals surface area contributed by atoms with Gasteiger partial charge in [-0.25, -0.2) is 14.6 Å². The highest BCUT2D eigenvalue weighted by Crippen LogP contribution is 2.27. The van der Waals surface area contributed by atoms with Gasteiger partial charge in [0, 0.05) is 31.4 Å². The van der Waals surface area contributed by atoms with Crippen molar-refractivity contribution in [3.8, 4) is 0 Å². The lowest BCUT2D eigenvalue weighted by atomic mass is 9.85. The molecule has 1 atom stereocenters. The van der Waals surface area contributed by atoms with Crippen molar-refractivity contribution in [2.75, 3.05) is 13.1 Å². The Kier molecular flexibility index (Phi) is 5.19. The predicted octanol–water partition coefficient (Wildman–Crippen LogP) is 1.24. The molecule has 0 aromatic carbocycles. The Hall–Kier alpha value is -2.05. The number of amides is 2. The maximum absolute atomic E-state index is 12.2. The van der Waals surface area contributed by atoms with E-state index in [1.165, 1.54) is 12.7 Å². The third-order valence-corrected chi connectivity index (χ3v) is 3.95. The van der Waals surface area contributed by atoms with Gasteiger partial charge in [-0.2, -0.15) is 0 Å². The molecule has 21 heavy (non-hydrogen) atoms. The Morgan fingerprint density at radius 1 is 1.57 bits per heavy atom. The first kappa shape index (κ1) is 15.3. The molecule has 0 radical (unpaired) electrons. The number of hydrogen-bond acceptors (Lipinski definition) is 3. The van der Waals surface area contributed by atoms with Crippen LogP contribution < -0.4 is 5.32 Å². The van der Waals surface area contributed by atoms with Gasteiger partial charge in [-0.15, -0.1) is 0 Å². The fourth-order valence-electron chi connectivity index (χ4n) is 2.40. The molecule has 116 valence electrons. The van der Waals surface area contributed by atoms with E-state index in [-0.39, 0.29) is 12.5 Å². The molecule has 1 aromatic rings. The summed E-state index contributed by atoms with van der Waals surface area (Å²) in [4.78, 5) is 31.9. The Balaban J connectivity index is 1.91. The lowest BCUT2D eigenvalue weighted by Gasteiger charge is -2.32. The van der Waals surface area contributed by atoms with Gasteiger partial charge in [-0.1, -0.05) is 6.42 Å². The number of aromatic nitrogens is 2. The van der Waals surface area contributed by atoms with Crippen molar-refractivity contribution in [1.82, 2.24) is 20.2 Å². The zero-order chi connectivity index (χ0) is 15.2. The molecule has 1 unspecified atom stereocenters. The minimum atomic E-state index is -1.04. The van der Waals surface area contributed by atoms with Crippen LogP contribution in [0.5, 0.6) is 0 Å². The third-order valence-electron chi connectivity index (χ3n) is 3.95. The van der Waals surface area contributed by atoms with Crippen LogP contribution in [-0.2, 0) is 11.2 Å². The zero-order valence-corrected chi connectivity index (χ0v) is 12.2. The SMILES string of the molecule is CCN(CC1CCC1)C(=O)NC(Cc1cnc[nH]1)C(=O)O. The minimum absolute atomic E-state index is 0.196. The van der Waals surface area contributed by atoms with E-state index in [2.05, 4.69) is 15.3 Å². The summed E-state index contributed by atoms with van der Waals surface area (Å²) in [5.74, 6) is -0.482. The molecule has 0 aliphatic heterocycles. The molecule has 1 aliphatic carbocycles. The fraction of sp³-hybridized carbons (Fsp3) is 0.643. The lowest BCUT2D eigenvalue weighted by molar-refractivity contribution is -0.139. The Morgan fingerprint density at radius 3 is 2.81 bits per heavy atom. The Bertz CT molecular complexity index is 471. The Labute approximate surface area is 123 Å². The lowest BCUT2D eigenvalue weighted by Crippen LogP contribution is -2.50. The van der Waals surface area contributed by atoms with E-state index >= 15 is 0 Å². The molecule has 0 spiro atoms. The van der Waals surface area contributed by atoms with E-state index in [4.69, 9.17) is 0 Å². The summed E-state index contributed by atoms with van der Waals surface area (Å²) in [7, 11) is 0. The second kappa shape index (κ2) is 7.10. The molecule has 7 nitrogen and oxygen atoms in total. The molecular weight excluding hydrogens is 272 g/mol. The molecule has 2 amide bonds. The summed E-state index contributed by atoms with van der Waals surface area (Å²) in [5.41, 5.74) is 0.685. The van der Waals surface area contributed by atoms with Gasteiger partial charge in [-0.05, 0) is 25.7 Å². The molecule has 1 saturated carbocycles. The van der Waals surface area contributed by atoms with Gasteiger partial charge in [0.15, 0.2) is 0 Å². The van der Waals surface area contributed by atoms with Crippen molar-refractivity contribution in [2.24, 2.45) is 5.92 Å². The van der Waals surface area contributed by atoms with Crippen LogP contribution in [0, 0.1) is 5.92 Å². The molecular formula is C14H22N4O3. The van der Waals surface area contributed by atoms with Crippen LogP contribution in [0.15, 0.2) is 12.5 Å². The Morgan fingerprint density at radius 2 is 2.33 bits per heavy atom. The zero-order valence-electron chi connectivity index (χ0n) is 12.2. The molecule has 1 aromatic heterocycles. The number of urea groups is 1. The standard InChI is InChI=1S/C14H22N4O3/c1-2-18(8-10-4-3-5-10)14(21)17-12(13(19)20)6-11-7-15-9-16-11/h7,9-10,12H,2-6,8H2,1H3,(H,15,16)(H,17,21)(H,19,20). The van der Waals surface area contributed by atoms with Gasteiger partial charge in [0.25, 0.3) is 0 Å². The summed E-state index contributed by atoms with van der Waals surface area (Å²) in [5, 5.41) is 11.8. The van der Waals surface area contributed by atoms with Crippen LogP contribution >= 0.6 is 0 Å². The largest absolute Gasteiger partial charge is 0.480 e. The van der Waals surface area contributed by atoms with Gasteiger partial charge in [0.1, 0.15) is 6.04 Å². The number of H-pyrrole nitrogens is 1. The third kappa shape index (κ3) is 4.21. The van der Waals surface area contributed by atoms with Crippen LogP contribution in [0.1, 0.15) is 31.9 Å². The van der Waals surface area contributed by atoms with Crippen molar-refractivity contribution >= 4 is 12.0 Å². The van der Waals surface area contributed by atoms with Crippen molar-refractivity contribution < 1.29 is 14.7 Å². The first-order chi connectivity index (χ1) is 10.1. The number of aromatic amines is 1. The quantitative estimate of drug-likeness (QED) is 0.704. The van der Waals surface area contributed by atoms with Crippen molar-refractivity contribution in [2.45, 2.75) is 38.6 Å². The number of hydrogen-bond donors (Lipinski definition) is 3. The van der Waals surface area contributed by atoms with Crippen LogP contribution in [0.2, 0.25) is 0 Å². The van der Waals surface area contributed by atoms with E-state index in [9.17, 15) is 14.7 Å². The first-order valence-corrected chi connectivity index (χ1v) is 7.35. The molecule has 3 N–H and O–H groups in total. The molecule has 0 saturated heterocycles. The predicted molar refractivity (Wildman–Crippen MR) is 76.8 cm³/mol. The molecule has 7 heteroatoms. The summed E-state index contributed by atoms with van der Waals surface area (Å²) in [6.07, 6.45) is 6.78. The van der Waals surface area contributed by atoms with E-state index in [0.717, 1.165) is 12.8 Å². The summed E-state index contributed by atoms with van der Waals surface area (Å²) >= 11 is 0. The van der Waals surface area contributed by atoms with E-state index in [0.29, 0.717) is 24.7 Å². The maximum Gasteiger partial charge on any atom is 0.326 e. The average Bonchev–Trinajstić information content (AvgIpc) is 2.89. The van der Waals surface area contributed by atoms with Gasteiger partial charge in [0.2, 0.25) is 0 Å². The normalized spacial score (nSPS) is 16.0. The number of imidazole rings is 1. The highest BCUT2D eigenvalue weighted by Gasteiger charge is 2.26.